The Balaban J connectivity index is 1.54. The molecule has 0 aliphatic heterocycles. The van der Waals surface area contributed by atoms with Crippen LogP contribution in [0.4, 0.5) is 0 Å². The summed E-state index contributed by atoms with van der Waals surface area (Å²) in [4.78, 5) is 16.7. The minimum atomic E-state index is -0.114. The quantitative estimate of drug-likeness (QED) is 0.566. The third kappa shape index (κ3) is 5.34. The van der Waals surface area contributed by atoms with Crippen LogP contribution in [0.1, 0.15) is 31.0 Å². The first-order valence-electron chi connectivity index (χ1n) is 8.74. The third-order valence-corrected chi connectivity index (χ3v) is 5.24. The lowest BCUT2D eigenvalue weighted by Gasteiger charge is -2.14. The van der Waals surface area contributed by atoms with Crippen molar-refractivity contribution >= 4 is 29.3 Å². The maximum absolute atomic E-state index is 12.2. The van der Waals surface area contributed by atoms with Gasteiger partial charge in [-0.05, 0) is 36.6 Å². The van der Waals surface area contributed by atoms with E-state index >= 15 is 0 Å². The Bertz CT molecular complexity index is 910. The normalized spacial score (nSPS) is 12.0. The minimum Gasteiger partial charge on any atom is -0.349 e. The van der Waals surface area contributed by atoms with Crippen molar-refractivity contribution in [2.75, 3.05) is 5.75 Å². The van der Waals surface area contributed by atoms with Gasteiger partial charge in [-0.15, -0.1) is 5.10 Å². The van der Waals surface area contributed by atoms with Gasteiger partial charge in [0.05, 0.1) is 11.8 Å². The van der Waals surface area contributed by atoms with Crippen LogP contribution < -0.4 is 5.32 Å². The highest BCUT2D eigenvalue weighted by Crippen LogP contribution is 2.21. The van der Waals surface area contributed by atoms with Crippen LogP contribution in [0.5, 0.6) is 0 Å². The second kappa shape index (κ2) is 9.06. The highest BCUT2D eigenvalue weighted by Gasteiger charge is 2.12. The van der Waals surface area contributed by atoms with Crippen LogP contribution in [-0.4, -0.2) is 26.8 Å². The summed E-state index contributed by atoms with van der Waals surface area (Å²) < 4.78 is 0. The number of nitrogens with one attached hydrogen (secondary N) is 2. The Morgan fingerprint density at radius 2 is 2.04 bits per heavy atom. The van der Waals surface area contributed by atoms with Gasteiger partial charge in [0.25, 0.3) is 0 Å². The molecule has 3 rings (SSSR count). The number of carbonyl (C=O) groups is 1. The average molecular weight is 401 g/mol. The van der Waals surface area contributed by atoms with Crippen molar-refractivity contribution in [2.24, 2.45) is 0 Å². The summed E-state index contributed by atoms with van der Waals surface area (Å²) in [7, 11) is 0. The van der Waals surface area contributed by atoms with Gasteiger partial charge in [-0.1, -0.05) is 66.7 Å². The van der Waals surface area contributed by atoms with Gasteiger partial charge in [-0.2, -0.15) is 0 Å². The second-order valence-electron chi connectivity index (χ2n) is 6.15. The summed E-state index contributed by atoms with van der Waals surface area (Å²) in [5, 5.41) is 11.3. The lowest BCUT2D eigenvalue weighted by Crippen LogP contribution is -2.28. The monoisotopic (exact) mass is 400 g/mol. The zero-order valence-electron chi connectivity index (χ0n) is 15.2. The zero-order chi connectivity index (χ0) is 19.2. The van der Waals surface area contributed by atoms with Crippen LogP contribution in [0.15, 0.2) is 53.7 Å². The summed E-state index contributed by atoms with van der Waals surface area (Å²) in [6.07, 6.45) is 1.00. The predicted octanol–water partition coefficient (Wildman–Crippen LogP) is 4.66. The molecule has 0 radical (unpaired) electrons. The topological polar surface area (TPSA) is 70.7 Å². The van der Waals surface area contributed by atoms with E-state index < -0.39 is 0 Å². The highest BCUT2D eigenvalue weighted by molar-refractivity contribution is 7.99. The van der Waals surface area contributed by atoms with E-state index in [0.29, 0.717) is 16.0 Å². The van der Waals surface area contributed by atoms with Crippen molar-refractivity contribution < 1.29 is 4.79 Å². The Morgan fingerprint density at radius 1 is 1.26 bits per heavy atom. The molecule has 0 saturated heterocycles. The van der Waals surface area contributed by atoms with E-state index in [-0.39, 0.29) is 17.7 Å². The van der Waals surface area contributed by atoms with E-state index in [1.54, 1.807) is 0 Å². The molecule has 5 nitrogen and oxygen atoms in total. The molecule has 1 atom stereocenters. The molecule has 0 bridgehead atoms. The predicted molar refractivity (Wildman–Crippen MR) is 110 cm³/mol. The fraction of sp³-hybridized carbons (Fsp3) is 0.250. The van der Waals surface area contributed by atoms with Crippen molar-refractivity contribution in [2.45, 2.75) is 31.5 Å². The first kappa shape index (κ1) is 19.5. The number of rotatable bonds is 7. The van der Waals surface area contributed by atoms with Crippen LogP contribution in [0.3, 0.4) is 0 Å². The second-order valence-corrected chi connectivity index (χ2v) is 7.53. The molecule has 0 aliphatic rings. The van der Waals surface area contributed by atoms with E-state index in [0.717, 1.165) is 17.5 Å². The standard InChI is InChI=1S/C20H21ClN4OS/c1-3-14-7-9-15(10-8-14)19-23-20(25-24-19)27-12-18(26)22-13(2)16-5-4-6-17(21)11-16/h4-11,13H,3,12H2,1-2H3,(H,22,26)(H,23,24,25)/t13-/m0/s1. The van der Waals surface area contributed by atoms with Crippen molar-refractivity contribution in [1.82, 2.24) is 20.5 Å². The summed E-state index contributed by atoms with van der Waals surface area (Å²) in [5.74, 6) is 0.871. The van der Waals surface area contributed by atoms with Gasteiger partial charge in [-0.3, -0.25) is 9.89 Å². The van der Waals surface area contributed by atoms with Crippen LogP contribution >= 0.6 is 23.4 Å². The zero-order valence-corrected chi connectivity index (χ0v) is 16.8. The number of aromatic amines is 1. The molecule has 7 heteroatoms. The average Bonchev–Trinajstić information content (AvgIpc) is 3.15. The molecule has 2 aromatic carbocycles. The smallest absolute Gasteiger partial charge is 0.230 e. The van der Waals surface area contributed by atoms with Crippen LogP contribution in [0, 0.1) is 0 Å². The van der Waals surface area contributed by atoms with Crippen molar-refractivity contribution in [3.05, 3.63) is 64.7 Å². The number of halogens is 1. The largest absolute Gasteiger partial charge is 0.349 e. The number of hydrogen-bond acceptors (Lipinski definition) is 4. The highest BCUT2D eigenvalue weighted by atomic mass is 35.5. The lowest BCUT2D eigenvalue weighted by atomic mass is 10.1. The summed E-state index contributed by atoms with van der Waals surface area (Å²) in [6, 6.07) is 15.6. The molecule has 27 heavy (non-hydrogen) atoms. The van der Waals surface area contributed by atoms with Crippen molar-refractivity contribution in [3.63, 3.8) is 0 Å². The third-order valence-electron chi connectivity index (χ3n) is 4.16. The molecule has 0 saturated carbocycles. The Hall–Kier alpha value is -2.31. The molecule has 0 spiro atoms. The van der Waals surface area contributed by atoms with Crippen LogP contribution in [-0.2, 0) is 11.2 Å². The van der Waals surface area contributed by atoms with Gasteiger partial charge >= 0.3 is 0 Å². The molecule has 2 N–H and O–H groups in total. The number of hydrogen-bond donors (Lipinski definition) is 2. The maximum Gasteiger partial charge on any atom is 0.230 e. The summed E-state index contributed by atoms with van der Waals surface area (Å²) >= 11 is 7.30. The maximum atomic E-state index is 12.2. The first-order chi connectivity index (χ1) is 13.0. The summed E-state index contributed by atoms with van der Waals surface area (Å²) in [5.41, 5.74) is 3.22. The van der Waals surface area contributed by atoms with E-state index in [1.165, 1.54) is 17.3 Å². The molecule has 1 aromatic heterocycles. The molecule has 1 amide bonds. The van der Waals surface area contributed by atoms with E-state index in [1.807, 2.05) is 43.3 Å². The number of benzene rings is 2. The van der Waals surface area contributed by atoms with Gasteiger partial charge in [0.1, 0.15) is 0 Å². The Labute approximate surface area is 167 Å². The van der Waals surface area contributed by atoms with Gasteiger partial charge in [0, 0.05) is 10.6 Å². The van der Waals surface area contributed by atoms with E-state index in [2.05, 4.69) is 39.6 Å². The van der Waals surface area contributed by atoms with E-state index in [4.69, 9.17) is 11.6 Å². The number of carbonyl (C=O) groups excluding carboxylic acids is 1. The van der Waals surface area contributed by atoms with Gasteiger partial charge in [0.2, 0.25) is 11.1 Å². The van der Waals surface area contributed by atoms with Gasteiger partial charge < -0.3 is 5.32 Å². The molecule has 1 heterocycles. The molecule has 0 unspecified atom stereocenters. The number of nitrogens with zero attached hydrogens (tertiary/aromatic N) is 2. The molecular weight excluding hydrogens is 380 g/mol. The lowest BCUT2D eigenvalue weighted by molar-refractivity contribution is -0.119. The molecule has 3 aromatic rings. The number of amides is 1. The minimum absolute atomic E-state index is 0.0777. The van der Waals surface area contributed by atoms with Crippen molar-refractivity contribution in [1.29, 1.82) is 0 Å². The SMILES string of the molecule is CCc1ccc(-c2nc(SCC(=O)N[C@@H](C)c3cccc(Cl)c3)n[nH]2)cc1. The van der Waals surface area contributed by atoms with Crippen molar-refractivity contribution in [3.8, 4) is 11.4 Å². The van der Waals surface area contributed by atoms with Gasteiger partial charge in [0.15, 0.2) is 5.82 Å². The number of aryl methyl sites for hydroxylation is 1. The number of thioether (sulfide) groups is 1. The number of aromatic nitrogens is 3. The van der Waals surface area contributed by atoms with Crippen LogP contribution in [0.2, 0.25) is 5.02 Å². The van der Waals surface area contributed by atoms with E-state index in [9.17, 15) is 4.79 Å². The van der Waals surface area contributed by atoms with Crippen LogP contribution in [0.25, 0.3) is 11.4 Å². The number of H-pyrrole nitrogens is 1. The molecular formula is C20H21ClN4OS. The van der Waals surface area contributed by atoms with Gasteiger partial charge in [-0.25, -0.2) is 4.98 Å². The Kier molecular flexibility index (Phi) is 6.53. The summed E-state index contributed by atoms with van der Waals surface area (Å²) in [6.45, 7) is 4.05. The fourth-order valence-corrected chi connectivity index (χ4v) is 3.42. The Morgan fingerprint density at radius 3 is 2.74 bits per heavy atom. The molecule has 0 fully saturated rings. The molecule has 140 valence electrons. The fourth-order valence-electron chi connectivity index (χ4n) is 2.61. The first-order valence-corrected chi connectivity index (χ1v) is 10.1. The molecule has 0 aliphatic carbocycles.